The van der Waals surface area contributed by atoms with E-state index >= 15 is 0 Å². The van der Waals surface area contributed by atoms with Crippen molar-refractivity contribution in [1.29, 1.82) is 0 Å². The minimum Gasteiger partial charge on any atom is -0.373 e. The van der Waals surface area contributed by atoms with Crippen molar-refractivity contribution in [3.05, 3.63) is 18.2 Å². The summed E-state index contributed by atoms with van der Waals surface area (Å²) in [7, 11) is -0.975. The zero-order chi connectivity index (χ0) is 12.3. The number of aromatic nitrogens is 1. The number of hydrogen-bond donors (Lipinski definition) is 2. The quantitative estimate of drug-likeness (QED) is 0.846. The third kappa shape index (κ3) is 3.33. The van der Waals surface area contributed by atoms with Crippen LogP contribution in [0.4, 0.5) is 11.6 Å². The second kappa shape index (κ2) is 4.91. The van der Waals surface area contributed by atoms with Gasteiger partial charge < -0.3 is 10.6 Å². The Balaban J connectivity index is 1.97. The van der Waals surface area contributed by atoms with Gasteiger partial charge in [0.2, 0.25) is 0 Å². The Hall–Kier alpha value is -1.30. The highest BCUT2D eigenvalue weighted by atomic mass is 32.2. The predicted octanol–water partition coefficient (Wildman–Crippen LogP) is 1.11. The summed E-state index contributed by atoms with van der Waals surface area (Å²) in [6, 6.07) is 5.90. The smallest absolute Gasteiger partial charge is 0.150 e. The van der Waals surface area contributed by atoms with E-state index in [1.807, 2.05) is 25.2 Å². The van der Waals surface area contributed by atoms with Crippen LogP contribution in [0.5, 0.6) is 0 Å². The molecule has 1 saturated heterocycles. The molecule has 0 saturated carbocycles. The number of sulfone groups is 1. The molecular formula is C11H17N3O2S. The molecule has 0 aromatic carbocycles. The standard InChI is InChI=1S/C11H17N3O2S/c1-12-10-3-2-4-11(14-10)13-9-5-7-17(15,16)8-6-9/h2-4,9H,5-8H2,1H3,(H2,12,13,14). The van der Waals surface area contributed by atoms with Gasteiger partial charge in [0.05, 0.1) is 11.5 Å². The first-order valence-corrected chi connectivity index (χ1v) is 7.53. The van der Waals surface area contributed by atoms with E-state index in [-0.39, 0.29) is 17.5 Å². The van der Waals surface area contributed by atoms with Crippen molar-refractivity contribution < 1.29 is 8.42 Å². The van der Waals surface area contributed by atoms with Gasteiger partial charge in [-0.05, 0) is 25.0 Å². The highest BCUT2D eigenvalue weighted by Crippen LogP contribution is 2.17. The molecule has 1 aliphatic heterocycles. The van der Waals surface area contributed by atoms with Gasteiger partial charge in [0.15, 0.2) is 0 Å². The number of hydrogen-bond acceptors (Lipinski definition) is 5. The Bertz CT molecular complexity index is 473. The molecule has 2 rings (SSSR count). The van der Waals surface area contributed by atoms with Gasteiger partial charge in [-0.1, -0.05) is 6.07 Å². The Labute approximate surface area is 102 Å². The predicted molar refractivity (Wildman–Crippen MR) is 69.1 cm³/mol. The van der Waals surface area contributed by atoms with E-state index in [1.54, 1.807) is 0 Å². The number of pyridine rings is 1. The van der Waals surface area contributed by atoms with Gasteiger partial charge in [0.25, 0.3) is 0 Å². The molecule has 0 atom stereocenters. The van der Waals surface area contributed by atoms with Gasteiger partial charge in [-0.3, -0.25) is 0 Å². The maximum absolute atomic E-state index is 11.3. The Morgan fingerprint density at radius 3 is 2.53 bits per heavy atom. The second-order valence-corrected chi connectivity index (χ2v) is 6.53. The van der Waals surface area contributed by atoms with Crippen LogP contribution in [0.3, 0.4) is 0 Å². The van der Waals surface area contributed by atoms with Crippen LogP contribution in [0.1, 0.15) is 12.8 Å². The van der Waals surface area contributed by atoms with Crippen LogP contribution in [-0.2, 0) is 9.84 Å². The van der Waals surface area contributed by atoms with Crippen LogP contribution >= 0.6 is 0 Å². The lowest BCUT2D eigenvalue weighted by Gasteiger charge is -2.23. The van der Waals surface area contributed by atoms with Crippen LogP contribution in [0.2, 0.25) is 0 Å². The van der Waals surface area contributed by atoms with Gasteiger partial charge in [-0.25, -0.2) is 13.4 Å². The third-order valence-electron chi connectivity index (χ3n) is 2.91. The van der Waals surface area contributed by atoms with Crippen LogP contribution < -0.4 is 10.6 Å². The van der Waals surface area contributed by atoms with Crippen LogP contribution in [0, 0.1) is 0 Å². The van der Waals surface area contributed by atoms with E-state index in [0.717, 1.165) is 11.6 Å². The number of nitrogens with one attached hydrogen (secondary N) is 2. The van der Waals surface area contributed by atoms with E-state index in [4.69, 9.17) is 0 Å². The second-order valence-electron chi connectivity index (χ2n) is 4.23. The highest BCUT2D eigenvalue weighted by Gasteiger charge is 2.23. The summed E-state index contributed by atoms with van der Waals surface area (Å²) >= 11 is 0. The van der Waals surface area contributed by atoms with Crippen molar-refractivity contribution in [2.75, 3.05) is 29.2 Å². The van der Waals surface area contributed by atoms with Crippen LogP contribution in [-0.4, -0.2) is 38.0 Å². The molecule has 0 bridgehead atoms. The Morgan fingerprint density at radius 2 is 1.88 bits per heavy atom. The SMILES string of the molecule is CNc1cccc(NC2CCS(=O)(=O)CC2)n1. The molecule has 0 aliphatic carbocycles. The first-order chi connectivity index (χ1) is 8.09. The fourth-order valence-corrected chi connectivity index (χ4v) is 3.39. The van der Waals surface area contributed by atoms with Gasteiger partial charge in [-0.15, -0.1) is 0 Å². The molecule has 0 amide bonds. The molecular weight excluding hydrogens is 238 g/mol. The van der Waals surface area contributed by atoms with Gasteiger partial charge in [0, 0.05) is 13.1 Å². The lowest BCUT2D eigenvalue weighted by Crippen LogP contribution is -2.32. The molecule has 1 aliphatic rings. The maximum atomic E-state index is 11.3. The van der Waals surface area contributed by atoms with E-state index in [0.29, 0.717) is 12.8 Å². The largest absolute Gasteiger partial charge is 0.373 e. The molecule has 0 unspecified atom stereocenters. The summed E-state index contributed by atoms with van der Waals surface area (Å²) in [5.41, 5.74) is 0. The van der Waals surface area contributed by atoms with Gasteiger partial charge >= 0.3 is 0 Å². The Kier molecular flexibility index (Phi) is 3.51. The number of anilines is 2. The minimum atomic E-state index is -2.79. The zero-order valence-electron chi connectivity index (χ0n) is 9.81. The molecule has 0 spiro atoms. The molecule has 17 heavy (non-hydrogen) atoms. The van der Waals surface area contributed by atoms with Crippen molar-refractivity contribution in [2.24, 2.45) is 0 Å². The lowest BCUT2D eigenvalue weighted by atomic mass is 10.1. The third-order valence-corrected chi connectivity index (χ3v) is 4.63. The first-order valence-electron chi connectivity index (χ1n) is 5.71. The van der Waals surface area contributed by atoms with Crippen molar-refractivity contribution in [3.8, 4) is 0 Å². The van der Waals surface area contributed by atoms with Crippen LogP contribution in [0.15, 0.2) is 18.2 Å². The van der Waals surface area contributed by atoms with Crippen molar-refractivity contribution in [3.63, 3.8) is 0 Å². The summed E-state index contributed by atoms with van der Waals surface area (Å²) in [6.07, 6.45) is 1.32. The van der Waals surface area contributed by atoms with E-state index in [2.05, 4.69) is 15.6 Å². The molecule has 6 heteroatoms. The zero-order valence-corrected chi connectivity index (χ0v) is 10.6. The fourth-order valence-electron chi connectivity index (χ4n) is 1.90. The van der Waals surface area contributed by atoms with E-state index < -0.39 is 9.84 Å². The summed E-state index contributed by atoms with van der Waals surface area (Å²) in [5.74, 6) is 2.15. The maximum Gasteiger partial charge on any atom is 0.150 e. The van der Waals surface area contributed by atoms with E-state index in [9.17, 15) is 8.42 Å². The fraction of sp³-hybridized carbons (Fsp3) is 0.545. The molecule has 1 fully saturated rings. The number of rotatable bonds is 3. The molecule has 94 valence electrons. The first kappa shape index (κ1) is 12.2. The lowest BCUT2D eigenvalue weighted by molar-refractivity contribution is 0.559. The van der Waals surface area contributed by atoms with Gasteiger partial charge in [0.1, 0.15) is 21.5 Å². The number of nitrogens with zero attached hydrogens (tertiary/aromatic N) is 1. The summed E-state index contributed by atoms with van der Waals surface area (Å²) in [6.45, 7) is 0. The summed E-state index contributed by atoms with van der Waals surface area (Å²) in [5, 5.41) is 6.25. The average Bonchev–Trinajstić information content (AvgIpc) is 2.32. The topological polar surface area (TPSA) is 71.1 Å². The molecule has 1 aromatic heterocycles. The molecule has 1 aromatic rings. The van der Waals surface area contributed by atoms with Crippen molar-refractivity contribution >= 4 is 21.5 Å². The summed E-state index contributed by atoms with van der Waals surface area (Å²) < 4.78 is 22.6. The van der Waals surface area contributed by atoms with Crippen LogP contribution in [0.25, 0.3) is 0 Å². The van der Waals surface area contributed by atoms with Gasteiger partial charge in [-0.2, -0.15) is 0 Å². The molecule has 0 radical (unpaired) electrons. The summed E-state index contributed by atoms with van der Waals surface area (Å²) in [4.78, 5) is 4.35. The van der Waals surface area contributed by atoms with Crippen molar-refractivity contribution in [2.45, 2.75) is 18.9 Å². The minimum absolute atomic E-state index is 0.207. The highest BCUT2D eigenvalue weighted by molar-refractivity contribution is 7.91. The Morgan fingerprint density at radius 1 is 1.24 bits per heavy atom. The normalized spacial score (nSPS) is 19.8. The van der Waals surface area contributed by atoms with E-state index in [1.165, 1.54) is 0 Å². The molecule has 5 nitrogen and oxygen atoms in total. The molecule has 2 heterocycles. The molecule has 2 N–H and O–H groups in total. The van der Waals surface area contributed by atoms with Crippen molar-refractivity contribution in [1.82, 2.24) is 4.98 Å². The monoisotopic (exact) mass is 255 g/mol. The average molecular weight is 255 g/mol.